The highest BCUT2D eigenvalue weighted by molar-refractivity contribution is 5.89. The van der Waals surface area contributed by atoms with Crippen LogP contribution in [0.5, 0.6) is 0 Å². The molecule has 0 saturated heterocycles. The fraction of sp³-hybridized carbons (Fsp3) is 0.286. The molecule has 0 aromatic heterocycles. The molecule has 1 heterocycles. The van der Waals surface area contributed by atoms with Crippen LogP contribution in [0, 0.1) is 12.8 Å². The number of anilines is 1. The molecule has 2 aliphatic rings. The quantitative estimate of drug-likeness (QED) is 0.649. The second kappa shape index (κ2) is 5.82. The Morgan fingerprint density at radius 1 is 1.17 bits per heavy atom. The van der Waals surface area contributed by atoms with E-state index in [1.54, 1.807) is 0 Å². The summed E-state index contributed by atoms with van der Waals surface area (Å²) in [5, 5.41) is 3.76. The molecular weight excluding hydrogens is 298 g/mol. The number of carbonyl (C=O) groups is 1. The average molecular weight is 319 g/mol. The smallest absolute Gasteiger partial charge is 0.337 e. The number of ether oxygens (including phenoxy) is 1. The van der Waals surface area contributed by atoms with Crippen molar-refractivity contribution >= 4 is 11.7 Å². The molecule has 0 saturated carbocycles. The summed E-state index contributed by atoms with van der Waals surface area (Å²) in [6.07, 6.45) is 5.72. The summed E-state index contributed by atoms with van der Waals surface area (Å²) in [4.78, 5) is 11.6. The molecule has 0 unspecified atom stereocenters. The molecule has 0 amide bonds. The zero-order valence-electron chi connectivity index (χ0n) is 14.0. The molecular formula is C21H21NO2. The molecule has 0 radical (unpaired) electrons. The summed E-state index contributed by atoms with van der Waals surface area (Å²) < 4.78 is 4.79. The van der Waals surface area contributed by atoms with Gasteiger partial charge >= 0.3 is 5.97 Å². The van der Waals surface area contributed by atoms with E-state index in [-0.39, 0.29) is 12.0 Å². The summed E-state index contributed by atoms with van der Waals surface area (Å²) >= 11 is 0. The van der Waals surface area contributed by atoms with Gasteiger partial charge in [-0.25, -0.2) is 4.79 Å². The summed E-state index contributed by atoms with van der Waals surface area (Å²) in [5.74, 6) is 0.689. The van der Waals surface area contributed by atoms with Gasteiger partial charge in [-0.1, -0.05) is 42.5 Å². The van der Waals surface area contributed by atoms with E-state index in [0.29, 0.717) is 17.4 Å². The van der Waals surface area contributed by atoms with Crippen LogP contribution in [0.4, 0.5) is 5.69 Å². The van der Waals surface area contributed by atoms with Gasteiger partial charge in [-0.15, -0.1) is 0 Å². The fourth-order valence-electron chi connectivity index (χ4n) is 4.05. The molecule has 0 fully saturated rings. The standard InChI is InChI=1S/C21H21NO2/c1-13-5-3-7-17-16-6-4-8-18(16)20(22-19(13)17)14-9-11-15(12-10-14)21(23)24-2/h3-7,9-12,16,18,20,22H,8H2,1-2H3/t16-,18-,20-/m0/s1. The van der Waals surface area contributed by atoms with Crippen molar-refractivity contribution in [1.29, 1.82) is 0 Å². The molecule has 2 aromatic rings. The van der Waals surface area contributed by atoms with Crippen LogP contribution in [-0.2, 0) is 4.74 Å². The Morgan fingerprint density at radius 2 is 1.96 bits per heavy atom. The first-order valence-electron chi connectivity index (χ1n) is 8.40. The molecule has 0 bridgehead atoms. The van der Waals surface area contributed by atoms with E-state index in [1.807, 2.05) is 24.3 Å². The number of benzene rings is 2. The predicted molar refractivity (Wildman–Crippen MR) is 95.3 cm³/mol. The van der Waals surface area contributed by atoms with Gasteiger partial charge in [0, 0.05) is 11.6 Å². The summed E-state index contributed by atoms with van der Waals surface area (Å²) in [6, 6.07) is 14.6. The largest absolute Gasteiger partial charge is 0.465 e. The first-order chi connectivity index (χ1) is 11.7. The zero-order valence-corrected chi connectivity index (χ0v) is 14.0. The van der Waals surface area contributed by atoms with Crippen molar-refractivity contribution in [3.63, 3.8) is 0 Å². The van der Waals surface area contributed by atoms with E-state index < -0.39 is 0 Å². The summed E-state index contributed by atoms with van der Waals surface area (Å²) in [5.41, 5.74) is 5.75. The van der Waals surface area contributed by atoms with Gasteiger partial charge in [0.25, 0.3) is 0 Å². The van der Waals surface area contributed by atoms with Gasteiger partial charge in [-0.3, -0.25) is 0 Å². The Labute approximate surface area is 142 Å². The number of aryl methyl sites for hydroxylation is 1. The molecule has 1 N–H and O–H groups in total. The normalized spacial score (nSPS) is 24.0. The van der Waals surface area contributed by atoms with Crippen LogP contribution in [0.2, 0.25) is 0 Å². The first-order valence-corrected chi connectivity index (χ1v) is 8.40. The molecule has 122 valence electrons. The van der Waals surface area contributed by atoms with Gasteiger partial charge in [0.05, 0.1) is 18.7 Å². The number of methoxy groups -OCH3 is 1. The third kappa shape index (κ3) is 2.32. The van der Waals surface area contributed by atoms with Crippen LogP contribution in [-0.4, -0.2) is 13.1 Å². The van der Waals surface area contributed by atoms with Gasteiger partial charge in [-0.05, 0) is 48.1 Å². The van der Waals surface area contributed by atoms with Gasteiger partial charge in [-0.2, -0.15) is 0 Å². The molecule has 3 heteroatoms. The maximum atomic E-state index is 11.6. The van der Waals surface area contributed by atoms with Crippen LogP contribution in [0.25, 0.3) is 0 Å². The highest BCUT2D eigenvalue weighted by Crippen LogP contribution is 2.50. The number of hydrogen-bond acceptors (Lipinski definition) is 3. The van der Waals surface area contributed by atoms with Crippen LogP contribution in [0.15, 0.2) is 54.6 Å². The second-order valence-electron chi connectivity index (χ2n) is 6.63. The average Bonchev–Trinajstić information content (AvgIpc) is 3.11. The summed E-state index contributed by atoms with van der Waals surface area (Å²) in [6.45, 7) is 2.15. The minimum atomic E-state index is -0.292. The van der Waals surface area contributed by atoms with Crippen LogP contribution in [0.3, 0.4) is 0 Å². The minimum absolute atomic E-state index is 0.255. The van der Waals surface area contributed by atoms with E-state index in [0.717, 1.165) is 6.42 Å². The van der Waals surface area contributed by atoms with Crippen molar-refractivity contribution in [2.75, 3.05) is 12.4 Å². The Bertz CT molecular complexity index is 807. The Morgan fingerprint density at radius 3 is 2.71 bits per heavy atom. The lowest BCUT2D eigenvalue weighted by Gasteiger charge is -2.38. The van der Waals surface area contributed by atoms with Crippen LogP contribution >= 0.6 is 0 Å². The highest BCUT2D eigenvalue weighted by Gasteiger charge is 2.38. The number of fused-ring (bicyclic) bond motifs is 3. The molecule has 2 aromatic carbocycles. The van der Waals surface area contributed by atoms with E-state index in [4.69, 9.17) is 4.74 Å². The lowest BCUT2D eigenvalue weighted by Crippen LogP contribution is -2.29. The number of allylic oxidation sites excluding steroid dienone is 2. The van der Waals surface area contributed by atoms with E-state index in [1.165, 1.54) is 29.5 Å². The third-order valence-corrected chi connectivity index (χ3v) is 5.30. The second-order valence-corrected chi connectivity index (χ2v) is 6.63. The summed E-state index contributed by atoms with van der Waals surface area (Å²) in [7, 11) is 1.41. The first kappa shape index (κ1) is 15.0. The van der Waals surface area contributed by atoms with Gasteiger partial charge in [0.1, 0.15) is 0 Å². The number of esters is 1. The lowest BCUT2D eigenvalue weighted by molar-refractivity contribution is 0.0600. The molecule has 0 spiro atoms. The molecule has 3 nitrogen and oxygen atoms in total. The van der Waals surface area contributed by atoms with E-state index >= 15 is 0 Å². The zero-order chi connectivity index (χ0) is 16.7. The van der Waals surface area contributed by atoms with Gasteiger partial charge in [0.2, 0.25) is 0 Å². The molecule has 1 aliphatic heterocycles. The molecule has 3 atom stereocenters. The van der Waals surface area contributed by atoms with E-state index in [2.05, 4.69) is 42.6 Å². The van der Waals surface area contributed by atoms with Crippen molar-refractivity contribution in [2.24, 2.45) is 5.92 Å². The third-order valence-electron chi connectivity index (χ3n) is 5.30. The monoisotopic (exact) mass is 319 g/mol. The predicted octanol–water partition coefficient (Wildman–Crippen LogP) is 4.61. The maximum Gasteiger partial charge on any atom is 0.337 e. The fourth-order valence-corrected chi connectivity index (χ4v) is 4.05. The molecule has 4 rings (SSSR count). The van der Waals surface area contributed by atoms with Crippen LogP contribution in [0.1, 0.15) is 45.4 Å². The topological polar surface area (TPSA) is 38.3 Å². The maximum absolute atomic E-state index is 11.6. The van der Waals surface area contributed by atoms with Crippen molar-refractivity contribution in [1.82, 2.24) is 0 Å². The van der Waals surface area contributed by atoms with Crippen molar-refractivity contribution < 1.29 is 9.53 Å². The number of hydrogen-bond donors (Lipinski definition) is 1. The molecule has 24 heavy (non-hydrogen) atoms. The van der Waals surface area contributed by atoms with Gasteiger partial charge < -0.3 is 10.1 Å². The Balaban J connectivity index is 1.71. The lowest BCUT2D eigenvalue weighted by atomic mass is 9.76. The van der Waals surface area contributed by atoms with Crippen LogP contribution < -0.4 is 5.32 Å². The van der Waals surface area contributed by atoms with Gasteiger partial charge in [0.15, 0.2) is 0 Å². The number of para-hydroxylation sites is 1. The number of carbonyl (C=O) groups excluding carboxylic acids is 1. The SMILES string of the molecule is COC(=O)c1ccc([C@@H]2Nc3c(C)cccc3[C@@H]3C=CC[C@@H]32)cc1. The Kier molecular flexibility index (Phi) is 3.64. The van der Waals surface area contributed by atoms with Crippen molar-refractivity contribution in [3.8, 4) is 0 Å². The molecule has 1 aliphatic carbocycles. The highest BCUT2D eigenvalue weighted by atomic mass is 16.5. The van der Waals surface area contributed by atoms with Crippen molar-refractivity contribution in [2.45, 2.75) is 25.3 Å². The Hall–Kier alpha value is -2.55. The number of nitrogens with one attached hydrogen (secondary N) is 1. The minimum Gasteiger partial charge on any atom is -0.465 e. The van der Waals surface area contributed by atoms with Crippen molar-refractivity contribution in [3.05, 3.63) is 76.9 Å². The number of rotatable bonds is 2. The van der Waals surface area contributed by atoms with E-state index in [9.17, 15) is 4.79 Å².